The lowest BCUT2D eigenvalue weighted by Crippen LogP contribution is -1.97. The van der Waals surface area contributed by atoms with E-state index in [-0.39, 0.29) is 0 Å². The van der Waals surface area contributed by atoms with E-state index in [0.29, 0.717) is 69.5 Å². The summed E-state index contributed by atoms with van der Waals surface area (Å²) in [6.45, 7) is 16.8. The molecule has 0 saturated carbocycles. The summed E-state index contributed by atoms with van der Waals surface area (Å²) in [6, 6.07) is 47.2. The number of unbranched alkanes of at least 4 members (excludes halogenated alkanes) is 9. The zero-order valence-electron chi connectivity index (χ0n) is 56.4. The van der Waals surface area contributed by atoms with Gasteiger partial charge in [0.25, 0.3) is 0 Å². The van der Waals surface area contributed by atoms with Crippen molar-refractivity contribution in [2.75, 3.05) is 0 Å². The van der Waals surface area contributed by atoms with Crippen molar-refractivity contribution < 1.29 is 35.1 Å². The largest absolute Gasteiger partial charge is 0.203 e. The fourth-order valence-corrected chi connectivity index (χ4v) is 13.0. The van der Waals surface area contributed by atoms with Crippen molar-refractivity contribution in [3.8, 4) is 0 Å². The van der Waals surface area contributed by atoms with Crippen LogP contribution in [0.25, 0.3) is 86.2 Å². The molecular formula is C86H92F8. The smallest absolute Gasteiger partial charge is 0.166 e. The summed E-state index contributed by atoms with van der Waals surface area (Å²) in [5.41, 5.74) is 6.79. The Hall–Kier alpha value is -7.84. The molecule has 0 spiro atoms. The van der Waals surface area contributed by atoms with Gasteiger partial charge in [0, 0.05) is 21.5 Å². The van der Waals surface area contributed by atoms with Crippen molar-refractivity contribution in [2.45, 2.75) is 197 Å². The third kappa shape index (κ3) is 17.0. The predicted molar refractivity (Wildman–Crippen MR) is 385 cm³/mol. The second kappa shape index (κ2) is 33.5. The molecule has 0 aromatic heterocycles. The van der Waals surface area contributed by atoms with E-state index in [2.05, 4.69) is 103 Å². The molecule has 0 unspecified atom stereocenters. The Morgan fingerprint density at radius 2 is 0.500 bits per heavy atom. The summed E-state index contributed by atoms with van der Waals surface area (Å²) in [7, 11) is 0. The topological polar surface area (TPSA) is 0 Å². The monoisotopic (exact) mass is 1280 g/mol. The van der Waals surface area contributed by atoms with Crippen molar-refractivity contribution in [1.82, 2.24) is 0 Å². The van der Waals surface area contributed by atoms with Crippen molar-refractivity contribution in [1.29, 1.82) is 0 Å². The molecule has 8 heteroatoms. The minimum atomic E-state index is -0.715. The summed E-state index contributed by atoms with van der Waals surface area (Å²) in [5.74, 6) is -5.56. The lowest BCUT2D eigenvalue weighted by molar-refractivity contribution is 0.504. The molecule has 12 aromatic carbocycles. The van der Waals surface area contributed by atoms with Crippen molar-refractivity contribution >= 4 is 86.2 Å². The van der Waals surface area contributed by atoms with Gasteiger partial charge in [-0.05, 0) is 260 Å². The zero-order valence-corrected chi connectivity index (χ0v) is 56.4. The van der Waals surface area contributed by atoms with Gasteiger partial charge in [0.2, 0.25) is 0 Å². The van der Waals surface area contributed by atoms with Crippen molar-refractivity contribution in [3.63, 3.8) is 0 Å². The number of halogens is 8. The van der Waals surface area contributed by atoms with Crippen LogP contribution in [0.3, 0.4) is 0 Å². The average Bonchev–Trinajstić information content (AvgIpc) is 0.820. The van der Waals surface area contributed by atoms with Crippen LogP contribution >= 0.6 is 0 Å². The van der Waals surface area contributed by atoms with Crippen molar-refractivity contribution in [3.05, 3.63) is 237 Å². The molecule has 0 N–H and O–H groups in total. The molecule has 0 fully saturated rings. The third-order valence-corrected chi connectivity index (χ3v) is 18.5. The maximum atomic E-state index is 14.6. The van der Waals surface area contributed by atoms with Crippen LogP contribution in [0, 0.1) is 53.5 Å². The number of aryl methyl sites for hydroxylation is 8. The normalized spacial score (nSPS) is 11.5. The van der Waals surface area contributed by atoms with Crippen LogP contribution in [0.5, 0.6) is 0 Å². The highest BCUT2D eigenvalue weighted by molar-refractivity contribution is 6.02. The lowest BCUT2D eigenvalue weighted by atomic mass is 9.96. The third-order valence-electron chi connectivity index (χ3n) is 18.5. The SMILES string of the molecule is CCCCCc1cc2cc3ccc(C)cc3cc2c(F)c1F.CCCCCc1cc2cc3ccc(CC)cc3cc2c(F)c1F.CCCCCc1cc2cc3ccc(CCC)cc3cc2c(F)c1F.CCCCCc1cc2cc3ccc(CCCC)cc3cc2c(F)c1F. The van der Waals surface area contributed by atoms with E-state index in [0.717, 1.165) is 186 Å². The van der Waals surface area contributed by atoms with Crippen LogP contribution in [0.15, 0.2) is 146 Å². The molecule has 0 nitrogen and oxygen atoms in total. The van der Waals surface area contributed by atoms with E-state index in [9.17, 15) is 35.1 Å². The van der Waals surface area contributed by atoms with Gasteiger partial charge in [-0.1, -0.05) is 191 Å². The molecule has 94 heavy (non-hydrogen) atoms. The highest BCUT2D eigenvalue weighted by atomic mass is 19.2. The van der Waals surface area contributed by atoms with E-state index < -0.39 is 46.5 Å². The second-order valence-electron chi connectivity index (χ2n) is 25.9. The quantitative estimate of drug-likeness (QED) is 0.0360. The van der Waals surface area contributed by atoms with Gasteiger partial charge in [0.1, 0.15) is 0 Å². The molecule has 0 amide bonds. The number of benzene rings is 12. The first kappa shape index (κ1) is 70.5. The first-order valence-corrected chi connectivity index (χ1v) is 34.8. The van der Waals surface area contributed by atoms with Crippen LogP contribution in [0.4, 0.5) is 35.1 Å². The Morgan fingerprint density at radius 3 is 0.809 bits per heavy atom. The van der Waals surface area contributed by atoms with Crippen LogP contribution < -0.4 is 0 Å². The van der Waals surface area contributed by atoms with Gasteiger partial charge in [0.05, 0.1) is 0 Å². The fourth-order valence-electron chi connectivity index (χ4n) is 13.0. The van der Waals surface area contributed by atoms with E-state index in [1.807, 2.05) is 73.7 Å². The molecule has 0 bridgehead atoms. The Balaban J connectivity index is 0.000000148. The second-order valence-corrected chi connectivity index (χ2v) is 25.9. The van der Waals surface area contributed by atoms with E-state index in [1.54, 1.807) is 24.3 Å². The molecule has 492 valence electrons. The molecule has 12 rings (SSSR count). The molecular weight excluding hydrogens is 1180 g/mol. The Labute approximate surface area is 551 Å². The van der Waals surface area contributed by atoms with Crippen LogP contribution in [0.1, 0.15) is 189 Å². The lowest BCUT2D eigenvalue weighted by Gasteiger charge is -2.10. The molecule has 0 heterocycles. The average molecular weight is 1280 g/mol. The molecule has 0 aliphatic rings. The molecule has 12 aromatic rings. The van der Waals surface area contributed by atoms with Crippen LogP contribution in [0.2, 0.25) is 0 Å². The van der Waals surface area contributed by atoms with Crippen molar-refractivity contribution in [2.24, 2.45) is 0 Å². The molecule has 0 aliphatic heterocycles. The summed E-state index contributed by atoms with van der Waals surface area (Å²) < 4.78 is 116. The number of rotatable bonds is 22. The zero-order chi connectivity index (χ0) is 67.0. The Kier molecular flexibility index (Phi) is 25.1. The van der Waals surface area contributed by atoms with Gasteiger partial charge in [-0.3, -0.25) is 0 Å². The van der Waals surface area contributed by atoms with Gasteiger partial charge >= 0.3 is 0 Å². The minimum absolute atomic E-state index is 0.370. The minimum Gasteiger partial charge on any atom is -0.203 e. The standard InChI is InChI=1S/C23H26F2.C22H24F2.C21H22F2.C20H20F2/c1-3-5-7-9-18-14-20-13-17-11-10-16(8-6-4-2)12-19(17)15-21(20)23(25)22(18)24;1-3-5-6-8-17-13-19-12-16-10-9-15(7-4-2)11-18(16)14-20(19)22(24)21(17)23;1-3-5-6-7-16-12-18-11-15-9-8-14(4-2)10-17(15)13-19(18)21(23)20(16)22;1-3-4-5-6-15-11-17-10-14-8-7-13(2)9-16(14)12-18(17)20(22)19(15)21/h10-15H,3-9H2,1-2H3;9-14H,3-8H2,1-2H3;8-13H,3-7H2,1-2H3;7-12H,3-6H2,1-2H3. The molecule has 0 aliphatic carbocycles. The highest BCUT2D eigenvalue weighted by Crippen LogP contribution is 2.35. The van der Waals surface area contributed by atoms with Crippen LogP contribution in [-0.4, -0.2) is 0 Å². The summed E-state index contributed by atoms with van der Waals surface area (Å²) >= 11 is 0. The predicted octanol–water partition coefficient (Wildman–Crippen LogP) is 27.2. The Bertz CT molecular complexity index is 4600. The molecule has 0 radical (unpaired) electrons. The Morgan fingerprint density at radius 1 is 0.213 bits per heavy atom. The fraction of sp³-hybridized carbons (Fsp3) is 0.349. The summed E-state index contributed by atoms with van der Waals surface area (Å²) in [4.78, 5) is 0. The van der Waals surface area contributed by atoms with E-state index in [1.165, 1.54) is 16.7 Å². The molecule has 0 saturated heterocycles. The maximum Gasteiger partial charge on any atom is 0.166 e. The number of hydrogen-bond donors (Lipinski definition) is 0. The molecule has 0 atom stereocenters. The first-order valence-electron chi connectivity index (χ1n) is 34.8. The van der Waals surface area contributed by atoms with E-state index >= 15 is 0 Å². The van der Waals surface area contributed by atoms with E-state index in [4.69, 9.17) is 0 Å². The van der Waals surface area contributed by atoms with Crippen LogP contribution in [-0.2, 0) is 44.9 Å². The first-order chi connectivity index (χ1) is 45.5. The summed E-state index contributed by atoms with van der Waals surface area (Å²) in [5, 5.41) is 12.8. The van der Waals surface area contributed by atoms with Gasteiger partial charge in [-0.15, -0.1) is 0 Å². The maximum absolute atomic E-state index is 14.6. The van der Waals surface area contributed by atoms with Gasteiger partial charge in [0.15, 0.2) is 46.5 Å². The highest BCUT2D eigenvalue weighted by Gasteiger charge is 2.19. The number of fused-ring (bicyclic) bond motifs is 8. The van der Waals surface area contributed by atoms with Gasteiger partial charge in [-0.2, -0.15) is 0 Å². The van der Waals surface area contributed by atoms with Gasteiger partial charge < -0.3 is 0 Å². The van der Waals surface area contributed by atoms with Gasteiger partial charge in [-0.25, -0.2) is 35.1 Å². The number of hydrogen-bond acceptors (Lipinski definition) is 0. The summed E-state index contributed by atoms with van der Waals surface area (Å²) in [6.07, 6.45) is 20.7.